The molecule has 0 radical (unpaired) electrons. The number of hydrogen-bond donors (Lipinski definition) is 1. The molecule has 0 aliphatic carbocycles. The van der Waals surface area contributed by atoms with Gasteiger partial charge >= 0.3 is 0 Å². The third-order valence-electron chi connectivity index (χ3n) is 3.67. The van der Waals surface area contributed by atoms with Gasteiger partial charge < -0.3 is 5.32 Å². The largest absolute Gasteiger partial charge is 0.317 e. The number of nitrogens with one attached hydrogen (secondary N) is 1. The van der Waals surface area contributed by atoms with Crippen LogP contribution in [-0.4, -0.2) is 13.1 Å². The van der Waals surface area contributed by atoms with Gasteiger partial charge in [-0.3, -0.25) is 0 Å². The Kier molecular flexibility index (Phi) is 3.32. The van der Waals surface area contributed by atoms with E-state index in [1.807, 2.05) is 6.07 Å². The second kappa shape index (κ2) is 4.54. The molecule has 1 aliphatic heterocycles. The summed E-state index contributed by atoms with van der Waals surface area (Å²) in [6, 6.07) is 8.38. The first-order valence-corrected chi connectivity index (χ1v) is 6.11. The van der Waals surface area contributed by atoms with E-state index in [4.69, 9.17) is 11.6 Å². The SMILES string of the molecule is CCC1(c2cccc(Cl)c2)CCNCC1. The summed E-state index contributed by atoms with van der Waals surface area (Å²) in [6.07, 6.45) is 3.66. The maximum Gasteiger partial charge on any atom is 0.0408 e. The highest BCUT2D eigenvalue weighted by Crippen LogP contribution is 2.37. The zero-order valence-electron chi connectivity index (χ0n) is 9.22. The van der Waals surface area contributed by atoms with Gasteiger partial charge in [0.25, 0.3) is 0 Å². The van der Waals surface area contributed by atoms with Crippen LogP contribution in [0.1, 0.15) is 31.7 Å². The van der Waals surface area contributed by atoms with E-state index >= 15 is 0 Å². The van der Waals surface area contributed by atoms with E-state index in [9.17, 15) is 0 Å². The van der Waals surface area contributed by atoms with Gasteiger partial charge in [-0.25, -0.2) is 0 Å². The zero-order valence-corrected chi connectivity index (χ0v) is 9.98. The molecule has 1 aromatic rings. The predicted octanol–water partition coefficient (Wildman–Crippen LogP) is 3.37. The van der Waals surface area contributed by atoms with Crippen molar-refractivity contribution in [3.05, 3.63) is 34.9 Å². The molecule has 15 heavy (non-hydrogen) atoms. The van der Waals surface area contributed by atoms with Gasteiger partial charge in [0.1, 0.15) is 0 Å². The minimum Gasteiger partial charge on any atom is -0.317 e. The first-order chi connectivity index (χ1) is 7.27. The number of rotatable bonds is 2. The van der Waals surface area contributed by atoms with Crippen LogP contribution in [0.3, 0.4) is 0 Å². The average molecular weight is 224 g/mol. The Morgan fingerprint density at radius 3 is 2.67 bits per heavy atom. The third kappa shape index (κ3) is 2.19. The Bertz CT molecular complexity index is 329. The Balaban J connectivity index is 2.32. The molecule has 82 valence electrons. The van der Waals surface area contributed by atoms with Gasteiger partial charge in [-0.05, 0) is 55.5 Å². The van der Waals surface area contributed by atoms with Crippen LogP contribution in [0.4, 0.5) is 0 Å². The van der Waals surface area contributed by atoms with E-state index < -0.39 is 0 Å². The highest BCUT2D eigenvalue weighted by Gasteiger charge is 2.31. The van der Waals surface area contributed by atoms with Crippen molar-refractivity contribution in [3.63, 3.8) is 0 Å². The normalized spacial score (nSPS) is 20.1. The molecule has 1 aromatic carbocycles. The fourth-order valence-corrected chi connectivity index (χ4v) is 2.76. The Morgan fingerprint density at radius 2 is 2.07 bits per heavy atom. The lowest BCUT2D eigenvalue weighted by molar-refractivity contribution is 0.298. The van der Waals surface area contributed by atoms with E-state index in [-0.39, 0.29) is 0 Å². The number of hydrogen-bond acceptors (Lipinski definition) is 1. The van der Waals surface area contributed by atoms with E-state index in [2.05, 4.69) is 30.4 Å². The second-order valence-corrected chi connectivity index (χ2v) is 4.83. The Labute approximate surface area is 96.8 Å². The van der Waals surface area contributed by atoms with Crippen molar-refractivity contribution in [2.45, 2.75) is 31.6 Å². The van der Waals surface area contributed by atoms with Gasteiger partial charge in [-0.1, -0.05) is 30.7 Å². The van der Waals surface area contributed by atoms with Crippen molar-refractivity contribution in [2.75, 3.05) is 13.1 Å². The molecule has 1 heterocycles. The lowest BCUT2D eigenvalue weighted by atomic mass is 9.71. The van der Waals surface area contributed by atoms with Crippen LogP contribution in [0.2, 0.25) is 5.02 Å². The molecule has 1 fully saturated rings. The van der Waals surface area contributed by atoms with Crippen LogP contribution in [0.5, 0.6) is 0 Å². The molecule has 1 saturated heterocycles. The van der Waals surface area contributed by atoms with E-state index in [1.54, 1.807) is 0 Å². The number of benzene rings is 1. The van der Waals surface area contributed by atoms with Crippen molar-refractivity contribution >= 4 is 11.6 Å². The molecule has 0 unspecified atom stereocenters. The molecule has 2 heteroatoms. The summed E-state index contributed by atoms with van der Waals surface area (Å²) >= 11 is 6.07. The lowest BCUT2D eigenvalue weighted by Crippen LogP contribution is -2.39. The minimum atomic E-state index is 0.357. The van der Waals surface area contributed by atoms with Crippen LogP contribution in [0.15, 0.2) is 24.3 Å². The molecule has 0 bridgehead atoms. The van der Waals surface area contributed by atoms with E-state index in [0.29, 0.717) is 5.41 Å². The van der Waals surface area contributed by atoms with Gasteiger partial charge in [0.15, 0.2) is 0 Å². The van der Waals surface area contributed by atoms with Crippen LogP contribution < -0.4 is 5.32 Å². The number of piperidine rings is 1. The Morgan fingerprint density at radius 1 is 1.33 bits per heavy atom. The molecular weight excluding hydrogens is 206 g/mol. The third-order valence-corrected chi connectivity index (χ3v) is 3.91. The van der Waals surface area contributed by atoms with Gasteiger partial charge in [0, 0.05) is 5.02 Å². The fourth-order valence-electron chi connectivity index (χ4n) is 2.57. The van der Waals surface area contributed by atoms with Gasteiger partial charge in [-0.2, -0.15) is 0 Å². The summed E-state index contributed by atoms with van der Waals surface area (Å²) < 4.78 is 0. The van der Waals surface area contributed by atoms with Gasteiger partial charge in [0.2, 0.25) is 0 Å². The first-order valence-electron chi connectivity index (χ1n) is 5.74. The van der Waals surface area contributed by atoms with Crippen molar-refractivity contribution in [1.29, 1.82) is 0 Å². The minimum absolute atomic E-state index is 0.357. The standard InChI is InChI=1S/C13H18ClN/c1-2-13(6-8-15-9-7-13)11-4-3-5-12(14)10-11/h3-5,10,15H,2,6-9H2,1H3. The second-order valence-electron chi connectivity index (χ2n) is 4.39. The van der Waals surface area contributed by atoms with Crippen LogP contribution >= 0.6 is 11.6 Å². The van der Waals surface area contributed by atoms with Crippen LogP contribution in [0.25, 0.3) is 0 Å². The quantitative estimate of drug-likeness (QED) is 0.811. The molecule has 0 amide bonds. The van der Waals surface area contributed by atoms with Gasteiger partial charge in [0.05, 0.1) is 0 Å². The highest BCUT2D eigenvalue weighted by atomic mass is 35.5. The summed E-state index contributed by atoms with van der Waals surface area (Å²) in [5, 5.41) is 4.29. The van der Waals surface area contributed by atoms with Crippen LogP contribution in [0, 0.1) is 0 Å². The fraction of sp³-hybridized carbons (Fsp3) is 0.538. The monoisotopic (exact) mass is 223 g/mol. The van der Waals surface area contributed by atoms with Crippen molar-refractivity contribution in [2.24, 2.45) is 0 Å². The summed E-state index contributed by atoms with van der Waals surface area (Å²) in [5.74, 6) is 0. The molecule has 1 aliphatic rings. The smallest absolute Gasteiger partial charge is 0.0408 e. The molecule has 0 saturated carbocycles. The van der Waals surface area contributed by atoms with Crippen molar-refractivity contribution in [3.8, 4) is 0 Å². The van der Waals surface area contributed by atoms with Gasteiger partial charge in [-0.15, -0.1) is 0 Å². The van der Waals surface area contributed by atoms with Crippen molar-refractivity contribution < 1.29 is 0 Å². The summed E-state index contributed by atoms with van der Waals surface area (Å²) in [6.45, 7) is 4.53. The molecule has 0 atom stereocenters. The summed E-state index contributed by atoms with van der Waals surface area (Å²) in [4.78, 5) is 0. The topological polar surface area (TPSA) is 12.0 Å². The average Bonchev–Trinajstić information content (AvgIpc) is 2.30. The molecule has 1 nitrogen and oxygen atoms in total. The summed E-state index contributed by atoms with van der Waals surface area (Å²) in [7, 11) is 0. The first kappa shape index (κ1) is 11.0. The molecule has 1 N–H and O–H groups in total. The maximum atomic E-state index is 6.07. The van der Waals surface area contributed by atoms with E-state index in [1.165, 1.54) is 24.8 Å². The van der Waals surface area contributed by atoms with Crippen LogP contribution in [-0.2, 0) is 5.41 Å². The molecule has 0 spiro atoms. The maximum absolute atomic E-state index is 6.07. The summed E-state index contributed by atoms with van der Waals surface area (Å²) in [5.41, 5.74) is 1.77. The zero-order chi connectivity index (χ0) is 10.7. The number of halogens is 1. The Hall–Kier alpha value is -0.530. The molecule has 2 rings (SSSR count). The van der Waals surface area contributed by atoms with Crippen molar-refractivity contribution in [1.82, 2.24) is 5.32 Å². The molecule has 0 aromatic heterocycles. The molecular formula is C13H18ClN. The van der Waals surface area contributed by atoms with E-state index in [0.717, 1.165) is 18.1 Å². The highest BCUT2D eigenvalue weighted by molar-refractivity contribution is 6.30. The lowest BCUT2D eigenvalue weighted by Gasteiger charge is -2.37. The predicted molar refractivity (Wildman–Crippen MR) is 65.5 cm³/mol.